The van der Waals surface area contributed by atoms with E-state index in [0.717, 1.165) is 25.6 Å². The topological polar surface area (TPSA) is 3.24 Å². The molecule has 1 heteroatoms. The van der Waals surface area contributed by atoms with Crippen LogP contribution in [-0.4, -0.2) is 24.5 Å². The minimum absolute atomic E-state index is 0.780. The van der Waals surface area contributed by atoms with Crippen molar-refractivity contribution in [1.82, 2.24) is 4.90 Å². The summed E-state index contributed by atoms with van der Waals surface area (Å²) in [5, 5.41) is 0. The maximum Gasteiger partial charge on any atom is 0.0163 e. The van der Waals surface area contributed by atoms with Crippen molar-refractivity contribution in [1.29, 1.82) is 0 Å². The van der Waals surface area contributed by atoms with Crippen LogP contribution in [0.5, 0.6) is 0 Å². The van der Waals surface area contributed by atoms with Crippen LogP contribution >= 0.6 is 0 Å². The van der Waals surface area contributed by atoms with Crippen LogP contribution in [0.2, 0.25) is 0 Å². The predicted octanol–water partition coefficient (Wildman–Crippen LogP) is 2.71. The lowest BCUT2D eigenvalue weighted by Crippen LogP contribution is -2.25. The molecule has 0 spiro atoms. The largest absolute Gasteiger partial charge is 0.296 e. The molecule has 1 nitrogen and oxygen atoms in total. The van der Waals surface area contributed by atoms with Crippen LogP contribution in [0.3, 0.4) is 0 Å². The summed E-state index contributed by atoms with van der Waals surface area (Å²) in [5.74, 6) is 0.780. The Balaban J connectivity index is 3.61. The van der Waals surface area contributed by atoms with Gasteiger partial charge in [-0.3, -0.25) is 4.90 Å². The van der Waals surface area contributed by atoms with Gasteiger partial charge in [0.05, 0.1) is 0 Å². The Labute approximate surface area is 76.8 Å². The molecule has 0 rings (SSSR count). The van der Waals surface area contributed by atoms with E-state index < -0.39 is 0 Å². The molecule has 0 aromatic heterocycles. The summed E-state index contributed by atoms with van der Waals surface area (Å²) in [5.41, 5.74) is 0. The van der Waals surface area contributed by atoms with Gasteiger partial charge in [-0.1, -0.05) is 26.0 Å². The molecule has 0 aliphatic heterocycles. The molecule has 0 aliphatic carbocycles. The van der Waals surface area contributed by atoms with Gasteiger partial charge in [-0.2, -0.15) is 0 Å². The van der Waals surface area contributed by atoms with Crippen LogP contribution in [0.4, 0.5) is 0 Å². The van der Waals surface area contributed by atoms with E-state index in [0.29, 0.717) is 0 Å². The molecule has 0 saturated heterocycles. The van der Waals surface area contributed by atoms with Gasteiger partial charge in [0.25, 0.3) is 0 Å². The molecule has 0 bridgehead atoms. The molecule has 0 saturated carbocycles. The first-order chi connectivity index (χ1) is 5.70. The molecular weight excluding hydrogens is 146 g/mol. The van der Waals surface area contributed by atoms with Crippen molar-refractivity contribution in [3.8, 4) is 0 Å². The minimum atomic E-state index is 0.780. The highest BCUT2D eigenvalue weighted by Gasteiger charge is 2.01. The van der Waals surface area contributed by atoms with Crippen LogP contribution in [0.25, 0.3) is 0 Å². The zero-order chi connectivity index (χ0) is 9.40. The summed E-state index contributed by atoms with van der Waals surface area (Å²) in [4.78, 5) is 2.35. The van der Waals surface area contributed by atoms with Crippen molar-refractivity contribution in [2.45, 2.75) is 20.3 Å². The van der Waals surface area contributed by atoms with Gasteiger partial charge < -0.3 is 0 Å². The number of nitrogens with zero attached hydrogens (tertiary/aromatic N) is 1. The maximum absolute atomic E-state index is 3.73. The second-order valence-electron chi connectivity index (χ2n) is 3.52. The third-order valence-electron chi connectivity index (χ3n) is 1.80. The summed E-state index contributed by atoms with van der Waals surface area (Å²) in [6, 6.07) is 0. The van der Waals surface area contributed by atoms with Gasteiger partial charge in [0.1, 0.15) is 0 Å². The van der Waals surface area contributed by atoms with E-state index in [2.05, 4.69) is 31.9 Å². The predicted molar refractivity (Wildman–Crippen MR) is 56.3 cm³/mol. The van der Waals surface area contributed by atoms with Crippen LogP contribution in [0.1, 0.15) is 20.3 Å². The van der Waals surface area contributed by atoms with E-state index in [1.807, 2.05) is 12.2 Å². The van der Waals surface area contributed by atoms with Crippen LogP contribution in [-0.2, 0) is 0 Å². The molecule has 0 radical (unpaired) electrons. The summed E-state index contributed by atoms with van der Waals surface area (Å²) in [6.07, 6.45) is 5.15. The molecule has 0 amide bonds. The zero-order valence-electron chi connectivity index (χ0n) is 8.42. The summed E-state index contributed by atoms with van der Waals surface area (Å²) >= 11 is 0. The summed E-state index contributed by atoms with van der Waals surface area (Å²) in [6.45, 7) is 15.1. The highest BCUT2D eigenvalue weighted by Crippen LogP contribution is 2.01. The highest BCUT2D eigenvalue weighted by molar-refractivity contribution is 4.79. The number of rotatable bonds is 7. The molecule has 0 N–H and O–H groups in total. The SMILES string of the molecule is C=CCN(CC=C)CCC(C)C. The lowest BCUT2D eigenvalue weighted by molar-refractivity contribution is 0.311. The van der Waals surface area contributed by atoms with E-state index in [1.165, 1.54) is 6.42 Å². The first-order valence-electron chi connectivity index (χ1n) is 4.64. The Hall–Kier alpha value is -0.560. The Morgan fingerprint density at radius 3 is 2.00 bits per heavy atom. The molecule has 70 valence electrons. The normalized spacial score (nSPS) is 10.7. The van der Waals surface area contributed by atoms with E-state index >= 15 is 0 Å². The van der Waals surface area contributed by atoms with E-state index in [4.69, 9.17) is 0 Å². The molecule has 12 heavy (non-hydrogen) atoms. The molecule has 0 heterocycles. The Morgan fingerprint density at radius 1 is 1.17 bits per heavy atom. The molecule has 0 aromatic carbocycles. The monoisotopic (exact) mass is 167 g/mol. The Morgan fingerprint density at radius 2 is 1.67 bits per heavy atom. The molecule has 0 aromatic rings. The third-order valence-corrected chi connectivity index (χ3v) is 1.80. The van der Waals surface area contributed by atoms with Crippen LogP contribution in [0.15, 0.2) is 25.3 Å². The lowest BCUT2D eigenvalue weighted by Gasteiger charge is -2.19. The van der Waals surface area contributed by atoms with Gasteiger partial charge in [0.15, 0.2) is 0 Å². The summed E-state index contributed by atoms with van der Waals surface area (Å²) < 4.78 is 0. The highest BCUT2D eigenvalue weighted by atomic mass is 15.1. The van der Waals surface area contributed by atoms with Crippen LogP contribution < -0.4 is 0 Å². The number of hydrogen-bond acceptors (Lipinski definition) is 1. The second-order valence-corrected chi connectivity index (χ2v) is 3.52. The molecule has 0 fully saturated rings. The van der Waals surface area contributed by atoms with Crippen molar-refractivity contribution in [2.75, 3.05) is 19.6 Å². The van der Waals surface area contributed by atoms with Crippen molar-refractivity contribution in [3.63, 3.8) is 0 Å². The van der Waals surface area contributed by atoms with Crippen molar-refractivity contribution < 1.29 is 0 Å². The summed E-state index contributed by atoms with van der Waals surface area (Å²) in [7, 11) is 0. The van der Waals surface area contributed by atoms with Crippen LogP contribution in [0, 0.1) is 5.92 Å². The van der Waals surface area contributed by atoms with E-state index in [1.54, 1.807) is 0 Å². The van der Waals surface area contributed by atoms with Gasteiger partial charge >= 0.3 is 0 Å². The first-order valence-corrected chi connectivity index (χ1v) is 4.64. The number of hydrogen-bond donors (Lipinski definition) is 0. The minimum Gasteiger partial charge on any atom is -0.296 e. The molecule has 0 atom stereocenters. The Kier molecular flexibility index (Phi) is 6.78. The molecule has 0 unspecified atom stereocenters. The maximum atomic E-state index is 3.73. The lowest BCUT2D eigenvalue weighted by atomic mass is 10.1. The third kappa shape index (κ3) is 6.17. The zero-order valence-corrected chi connectivity index (χ0v) is 8.42. The van der Waals surface area contributed by atoms with Crippen molar-refractivity contribution in [2.24, 2.45) is 5.92 Å². The van der Waals surface area contributed by atoms with Gasteiger partial charge in [-0.15, -0.1) is 13.2 Å². The van der Waals surface area contributed by atoms with Gasteiger partial charge in [0.2, 0.25) is 0 Å². The van der Waals surface area contributed by atoms with E-state index in [-0.39, 0.29) is 0 Å². The quantitative estimate of drug-likeness (QED) is 0.527. The molecular formula is C11H21N. The van der Waals surface area contributed by atoms with Gasteiger partial charge in [-0.25, -0.2) is 0 Å². The van der Waals surface area contributed by atoms with Gasteiger partial charge in [0, 0.05) is 13.1 Å². The Bertz CT molecular complexity index is 117. The van der Waals surface area contributed by atoms with Gasteiger partial charge in [-0.05, 0) is 18.9 Å². The fraction of sp³-hybridized carbons (Fsp3) is 0.636. The first kappa shape index (κ1) is 11.4. The van der Waals surface area contributed by atoms with E-state index in [9.17, 15) is 0 Å². The standard InChI is InChI=1S/C11H21N/c1-5-8-12(9-6-2)10-7-11(3)4/h5-6,11H,1-2,7-10H2,3-4H3. The van der Waals surface area contributed by atoms with Crippen molar-refractivity contribution >= 4 is 0 Å². The fourth-order valence-corrected chi connectivity index (χ4v) is 1.06. The second kappa shape index (κ2) is 7.11. The average molecular weight is 167 g/mol. The smallest absolute Gasteiger partial charge is 0.0163 e. The van der Waals surface area contributed by atoms with Crippen molar-refractivity contribution in [3.05, 3.63) is 25.3 Å². The fourth-order valence-electron chi connectivity index (χ4n) is 1.06. The average Bonchev–Trinajstić information content (AvgIpc) is 2.01. The molecule has 0 aliphatic rings.